The molecule has 1 heterocycles. The first-order valence-electron chi connectivity index (χ1n) is 4.20. The van der Waals surface area contributed by atoms with Crippen LogP contribution in [-0.4, -0.2) is 15.1 Å². The Labute approximate surface area is 95.1 Å². The Morgan fingerprint density at radius 2 is 2.07 bits per heavy atom. The largest absolute Gasteiger partial charge is 0.492 e. The van der Waals surface area contributed by atoms with Crippen LogP contribution in [0, 0.1) is 6.07 Å². The number of benzene rings is 1. The molecule has 2 aromatic rings. The molecule has 75 valence electrons. The normalized spacial score (nSPS) is 9.93. The van der Waals surface area contributed by atoms with Gasteiger partial charge in [0.1, 0.15) is 0 Å². The Morgan fingerprint density at radius 3 is 2.73 bits per heavy atom. The average molecular weight is 265 g/mol. The van der Waals surface area contributed by atoms with Crippen LogP contribution in [-0.2, 0) is 0 Å². The molecule has 15 heavy (non-hydrogen) atoms. The lowest BCUT2D eigenvalue weighted by atomic mass is 10.3. The number of halogens is 1. The van der Waals surface area contributed by atoms with Crippen molar-refractivity contribution in [2.24, 2.45) is 0 Å². The lowest BCUT2D eigenvalue weighted by molar-refractivity contribution is 0.449. The highest BCUT2D eigenvalue weighted by molar-refractivity contribution is 9.10. The third-order valence-corrected chi connectivity index (χ3v) is 2.26. The topological polar surface area (TPSA) is 58.0 Å². The summed E-state index contributed by atoms with van der Waals surface area (Å²) in [4.78, 5) is 7.84. The van der Waals surface area contributed by atoms with Gasteiger partial charge in [0.15, 0.2) is 0 Å². The molecule has 0 spiro atoms. The van der Waals surface area contributed by atoms with Crippen LogP contribution in [0.3, 0.4) is 0 Å². The molecule has 0 aliphatic carbocycles. The first-order valence-corrected chi connectivity index (χ1v) is 4.99. The van der Waals surface area contributed by atoms with Gasteiger partial charge in [0, 0.05) is 5.69 Å². The maximum Gasteiger partial charge on any atom is 0.230 e. The van der Waals surface area contributed by atoms with Crippen LogP contribution in [0.4, 0.5) is 11.6 Å². The number of aromatic nitrogens is 2. The van der Waals surface area contributed by atoms with Crippen molar-refractivity contribution in [3.63, 3.8) is 0 Å². The Morgan fingerprint density at radius 1 is 1.33 bits per heavy atom. The summed E-state index contributed by atoms with van der Waals surface area (Å²) in [6.45, 7) is 0. The summed E-state index contributed by atoms with van der Waals surface area (Å²) in [5.74, 6) is 0.261. The van der Waals surface area contributed by atoms with Gasteiger partial charge in [-0.3, -0.25) is 0 Å². The van der Waals surface area contributed by atoms with Crippen LogP contribution in [0.1, 0.15) is 0 Å². The van der Waals surface area contributed by atoms with Gasteiger partial charge in [0.2, 0.25) is 11.8 Å². The zero-order valence-electron chi connectivity index (χ0n) is 7.61. The fourth-order valence-corrected chi connectivity index (χ4v) is 1.21. The zero-order chi connectivity index (χ0) is 10.7. The standard InChI is InChI=1S/C10H7BrN3O/c11-8-6-12-10(14-9(8)15)13-7-4-2-1-3-5-7/h2-6H,(H2,12,13,14,15). The molecule has 0 unspecified atom stereocenters. The van der Waals surface area contributed by atoms with Crippen molar-refractivity contribution >= 4 is 27.6 Å². The lowest BCUT2D eigenvalue weighted by Crippen LogP contribution is -1.96. The minimum Gasteiger partial charge on any atom is -0.492 e. The van der Waals surface area contributed by atoms with Gasteiger partial charge in [-0.2, -0.15) is 4.98 Å². The summed E-state index contributed by atoms with van der Waals surface area (Å²) < 4.78 is 0.467. The van der Waals surface area contributed by atoms with E-state index in [2.05, 4.69) is 37.3 Å². The van der Waals surface area contributed by atoms with E-state index in [9.17, 15) is 5.11 Å². The molecular formula is C10H7BrN3O. The fraction of sp³-hybridized carbons (Fsp3) is 0. The molecule has 2 rings (SSSR count). The van der Waals surface area contributed by atoms with E-state index in [0.29, 0.717) is 10.4 Å². The van der Waals surface area contributed by atoms with Crippen molar-refractivity contribution in [3.8, 4) is 5.88 Å². The maximum atomic E-state index is 9.33. The minimum atomic E-state index is -0.0880. The van der Waals surface area contributed by atoms with Crippen LogP contribution in [0.2, 0.25) is 0 Å². The third kappa shape index (κ3) is 2.44. The van der Waals surface area contributed by atoms with Gasteiger partial charge in [0.05, 0.1) is 10.7 Å². The summed E-state index contributed by atoms with van der Waals surface area (Å²) in [6.07, 6.45) is 1.49. The van der Waals surface area contributed by atoms with E-state index in [-0.39, 0.29) is 5.88 Å². The molecule has 0 fully saturated rings. The molecule has 1 aromatic carbocycles. The van der Waals surface area contributed by atoms with E-state index in [0.717, 1.165) is 5.69 Å². The average Bonchev–Trinajstić information content (AvgIpc) is 2.25. The minimum absolute atomic E-state index is 0.0880. The Balaban J connectivity index is 2.22. The van der Waals surface area contributed by atoms with E-state index in [1.165, 1.54) is 6.20 Å². The molecule has 0 amide bonds. The Hall–Kier alpha value is -1.62. The quantitative estimate of drug-likeness (QED) is 0.875. The second kappa shape index (κ2) is 4.27. The van der Waals surface area contributed by atoms with E-state index >= 15 is 0 Å². The Kier molecular flexibility index (Phi) is 2.82. The van der Waals surface area contributed by atoms with Gasteiger partial charge in [-0.1, -0.05) is 12.1 Å². The Bertz CT molecular complexity index is 461. The van der Waals surface area contributed by atoms with Crippen LogP contribution in [0.5, 0.6) is 5.88 Å². The summed E-state index contributed by atoms with van der Waals surface area (Å²) >= 11 is 3.11. The number of aromatic hydroxyl groups is 1. The smallest absolute Gasteiger partial charge is 0.230 e. The van der Waals surface area contributed by atoms with Crippen LogP contribution >= 0.6 is 15.9 Å². The van der Waals surface area contributed by atoms with Crippen molar-refractivity contribution in [3.05, 3.63) is 41.0 Å². The molecule has 5 heteroatoms. The summed E-state index contributed by atoms with van der Waals surface area (Å²) in [5, 5.41) is 12.3. The monoisotopic (exact) mass is 264 g/mol. The summed E-state index contributed by atoms with van der Waals surface area (Å²) in [6, 6.07) is 10.1. The van der Waals surface area contributed by atoms with Crippen molar-refractivity contribution < 1.29 is 5.11 Å². The van der Waals surface area contributed by atoms with Gasteiger partial charge in [-0.05, 0) is 34.1 Å². The predicted octanol–water partition coefficient (Wildman–Crippen LogP) is 2.49. The molecule has 0 aliphatic rings. The third-order valence-electron chi connectivity index (χ3n) is 1.70. The van der Waals surface area contributed by atoms with Crippen LogP contribution < -0.4 is 5.32 Å². The first kappa shape index (κ1) is 9.92. The number of nitrogens with one attached hydrogen (secondary N) is 1. The van der Waals surface area contributed by atoms with Crippen molar-refractivity contribution in [2.75, 3.05) is 5.32 Å². The van der Waals surface area contributed by atoms with Gasteiger partial charge >= 0.3 is 0 Å². The lowest BCUT2D eigenvalue weighted by Gasteiger charge is -2.04. The number of hydrogen-bond donors (Lipinski definition) is 2. The predicted molar refractivity (Wildman–Crippen MR) is 60.0 cm³/mol. The summed E-state index contributed by atoms with van der Waals surface area (Å²) in [5.41, 5.74) is 0.843. The molecule has 0 saturated heterocycles. The van der Waals surface area contributed by atoms with Crippen molar-refractivity contribution in [2.45, 2.75) is 0 Å². The molecule has 1 aromatic heterocycles. The zero-order valence-corrected chi connectivity index (χ0v) is 9.19. The fourth-order valence-electron chi connectivity index (χ4n) is 1.02. The second-order valence-electron chi connectivity index (χ2n) is 2.78. The highest BCUT2D eigenvalue weighted by Crippen LogP contribution is 2.21. The van der Waals surface area contributed by atoms with Gasteiger partial charge in [-0.25, -0.2) is 4.98 Å². The maximum absolute atomic E-state index is 9.33. The second-order valence-corrected chi connectivity index (χ2v) is 3.63. The highest BCUT2D eigenvalue weighted by Gasteiger charge is 2.02. The van der Waals surface area contributed by atoms with Gasteiger partial charge < -0.3 is 10.4 Å². The van der Waals surface area contributed by atoms with Crippen LogP contribution in [0.15, 0.2) is 34.9 Å². The van der Waals surface area contributed by atoms with Crippen LogP contribution in [0.25, 0.3) is 0 Å². The number of nitrogens with zero attached hydrogens (tertiary/aromatic N) is 2. The molecule has 2 N–H and O–H groups in total. The first-order chi connectivity index (χ1) is 7.25. The van der Waals surface area contributed by atoms with E-state index in [1.807, 2.05) is 12.1 Å². The SMILES string of the molecule is Oc1nc(Nc2cc[c]cc2)ncc1Br. The number of rotatable bonds is 2. The molecule has 1 radical (unpaired) electrons. The van der Waals surface area contributed by atoms with E-state index < -0.39 is 0 Å². The van der Waals surface area contributed by atoms with Gasteiger partial charge in [-0.15, -0.1) is 0 Å². The number of hydrogen-bond acceptors (Lipinski definition) is 4. The summed E-state index contributed by atoms with van der Waals surface area (Å²) in [7, 11) is 0. The molecule has 0 aliphatic heterocycles. The van der Waals surface area contributed by atoms with E-state index in [4.69, 9.17) is 0 Å². The van der Waals surface area contributed by atoms with Crippen molar-refractivity contribution in [1.82, 2.24) is 9.97 Å². The van der Waals surface area contributed by atoms with E-state index in [1.54, 1.807) is 12.1 Å². The van der Waals surface area contributed by atoms with Crippen molar-refractivity contribution in [1.29, 1.82) is 0 Å². The molecule has 0 saturated carbocycles. The van der Waals surface area contributed by atoms with Gasteiger partial charge in [0.25, 0.3) is 0 Å². The molecule has 0 bridgehead atoms. The molecular weight excluding hydrogens is 258 g/mol. The number of anilines is 2. The highest BCUT2D eigenvalue weighted by atomic mass is 79.9. The molecule has 0 atom stereocenters. The molecule has 4 nitrogen and oxygen atoms in total.